The van der Waals surface area contributed by atoms with Crippen LogP contribution in [-0.4, -0.2) is 10.7 Å². The molecule has 1 nitrogen and oxygen atoms in total. The summed E-state index contributed by atoms with van der Waals surface area (Å²) in [6, 6.07) is 0. The zero-order valence-electron chi connectivity index (χ0n) is 6.92. The molecule has 3 saturated carbocycles. The average Bonchev–Trinajstić information content (AvgIpc) is 2.56. The molecule has 3 aliphatic rings. The molecule has 4 atom stereocenters. The van der Waals surface area contributed by atoms with Crippen molar-refractivity contribution < 1.29 is 5.11 Å². The van der Waals surface area contributed by atoms with Gasteiger partial charge in [0, 0.05) is 0 Å². The van der Waals surface area contributed by atoms with Gasteiger partial charge in [0.15, 0.2) is 0 Å². The fraction of sp³-hybridized carbons (Fsp3) is 1.00. The van der Waals surface area contributed by atoms with Crippen LogP contribution in [0.5, 0.6) is 0 Å². The van der Waals surface area contributed by atoms with Gasteiger partial charge in [0.05, 0.1) is 5.60 Å². The first kappa shape index (κ1) is 6.47. The van der Waals surface area contributed by atoms with E-state index in [0.29, 0.717) is 0 Å². The first-order valence-electron chi connectivity index (χ1n) is 5.02. The molecule has 62 valence electrons. The molecule has 0 saturated heterocycles. The summed E-state index contributed by atoms with van der Waals surface area (Å²) in [7, 11) is 0. The lowest BCUT2D eigenvalue weighted by Gasteiger charge is -2.26. The Morgan fingerprint density at radius 1 is 1.09 bits per heavy atom. The Morgan fingerprint density at radius 2 is 1.91 bits per heavy atom. The molecular formula is C10H16O. The summed E-state index contributed by atoms with van der Waals surface area (Å²) >= 11 is 0. The van der Waals surface area contributed by atoms with Crippen molar-refractivity contribution in [2.45, 2.75) is 44.1 Å². The molecule has 0 aromatic carbocycles. The van der Waals surface area contributed by atoms with Crippen molar-refractivity contribution in [1.29, 1.82) is 0 Å². The van der Waals surface area contributed by atoms with Crippen LogP contribution in [0.3, 0.4) is 0 Å². The minimum atomic E-state index is -0.153. The van der Waals surface area contributed by atoms with Crippen LogP contribution < -0.4 is 0 Å². The molecule has 3 rings (SSSR count). The van der Waals surface area contributed by atoms with Gasteiger partial charge in [-0.25, -0.2) is 0 Å². The van der Waals surface area contributed by atoms with Crippen molar-refractivity contribution in [1.82, 2.24) is 0 Å². The fourth-order valence-corrected chi connectivity index (χ4v) is 3.58. The van der Waals surface area contributed by atoms with Crippen molar-refractivity contribution >= 4 is 0 Å². The minimum Gasteiger partial charge on any atom is -0.390 e. The smallest absolute Gasteiger partial charge is 0.0686 e. The van der Waals surface area contributed by atoms with Crippen molar-refractivity contribution in [3.05, 3.63) is 0 Å². The summed E-state index contributed by atoms with van der Waals surface area (Å²) in [5.74, 6) is 2.56. The Labute approximate surface area is 67.8 Å². The van der Waals surface area contributed by atoms with Crippen LogP contribution in [0.2, 0.25) is 0 Å². The zero-order chi connectivity index (χ0) is 7.47. The van der Waals surface area contributed by atoms with Gasteiger partial charge in [-0.1, -0.05) is 19.3 Å². The van der Waals surface area contributed by atoms with Crippen LogP contribution in [0.4, 0.5) is 0 Å². The Bertz CT molecular complexity index is 189. The van der Waals surface area contributed by atoms with E-state index in [0.717, 1.165) is 30.6 Å². The molecule has 3 fully saturated rings. The van der Waals surface area contributed by atoms with Crippen molar-refractivity contribution in [2.75, 3.05) is 0 Å². The maximum Gasteiger partial charge on any atom is 0.0686 e. The Balaban J connectivity index is 1.83. The number of hydrogen-bond donors (Lipinski definition) is 1. The van der Waals surface area contributed by atoms with Crippen LogP contribution in [0, 0.1) is 17.8 Å². The van der Waals surface area contributed by atoms with E-state index in [1.807, 2.05) is 0 Å². The zero-order valence-corrected chi connectivity index (χ0v) is 6.92. The first-order valence-corrected chi connectivity index (χ1v) is 5.02. The molecule has 3 aliphatic carbocycles. The van der Waals surface area contributed by atoms with E-state index in [9.17, 15) is 5.11 Å². The highest BCUT2D eigenvalue weighted by atomic mass is 16.3. The normalized spacial score (nSPS) is 60.3. The third-order valence-electron chi connectivity index (χ3n) is 4.20. The lowest BCUT2D eigenvalue weighted by atomic mass is 9.79. The van der Waals surface area contributed by atoms with E-state index >= 15 is 0 Å². The summed E-state index contributed by atoms with van der Waals surface area (Å²) < 4.78 is 0. The predicted molar refractivity (Wildman–Crippen MR) is 43.1 cm³/mol. The lowest BCUT2D eigenvalue weighted by molar-refractivity contribution is 0.132. The van der Waals surface area contributed by atoms with E-state index in [4.69, 9.17) is 0 Å². The summed E-state index contributed by atoms with van der Waals surface area (Å²) in [6.45, 7) is 0. The molecule has 0 radical (unpaired) electrons. The van der Waals surface area contributed by atoms with Gasteiger partial charge in [-0.05, 0) is 37.0 Å². The van der Waals surface area contributed by atoms with E-state index in [2.05, 4.69) is 0 Å². The van der Waals surface area contributed by atoms with E-state index in [1.54, 1.807) is 0 Å². The molecule has 0 aromatic rings. The first-order chi connectivity index (χ1) is 5.30. The van der Waals surface area contributed by atoms with Gasteiger partial charge in [-0.3, -0.25) is 0 Å². The molecule has 1 heteroatoms. The minimum absolute atomic E-state index is 0.153. The molecule has 0 amide bonds. The third-order valence-corrected chi connectivity index (χ3v) is 4.20. The maximum atomic E-state index is 9.90. The Morgan fingerprint density at radius 3 is 2.73 bits per heavy atom. The van der Waals surface area contributed by atoms with E-state index in [-0.39, 0.29) is 5.60 Å². The standard InChI is InChI=1S/C10H16O/c11-10-5-7-3-1-2-4-8(7)9(10)6-10/h7-9,11H,1-6H2/t7?,8?,9?,10-/m1/s1. The average molecular weight is 152 g/mol. The Hall–Kier alpha value is -0.0400. The largest absolute Gasteiger partial charge is 0.390 e. The molecule has 3 unspecified atom stereocenters. The number of fused-ring (bicyclic) bond motifs is 3. The summed E-state index contributed by atoms with van der Waals surface area (Å²) in [6.07, 6.45) is 7.94. The predicted octanol–water partition coefficient (Wildman–Crippen LogP) is 1.95. The summed E-state index contributed by atoms with van der Waals surface area (Å²) in [5.41, 5.74) is -0.153. The number of hydrogen-bond acceptors (Lipinski definition) is 1. The highest BCUT2D eigenvalue weighted by Crippen LogP contribution is 2.64. The van der Waals surface area contributed by atoms with E-state index < -0.39 is 0 Å². The molecular weight excluding hydrogens is 136 g/mol. The fourth-order valence-electron chi connectivity index (χ4n) is 3.58. The van der Waals surface area contributed by atoms with Crippen LogP contribution >= 0.6 is 0 Å². The monoisotopic (exact) mass is 152 g/mol. The number of aliphatic hydroxyl groups is 1. The topological polar surface area (TPSA) is 20.2 Å². The summed E-state index contributed by atoms with van der Waals surface area (Å²) in [4.78, 5) is 0. The van der Waals surface area contributed by atoms with E-state index in [1.165, 1.54) is 25.7 Å². The van der Waals surface area contributed by atoms with Gasteiger partial charge >= 0.3 is 0 Å². The van der Waals surface area contributed by atoms with Crippen LogP contribution in [0.25, 0.3) is 0 Å². The van der Waals surface area contributed by atoms with Gasteiger partial charge in [0.2, 0.25) is 0 Å². The van der Waals surface area contributed by atoms with Gasteiger partial charge in [0.1, 0.15) is 0 Å². The molecule has 0 aromatic heterocycles. The van der Waals surface area contributed by atoms with Gasteiger partial charge in [-0.2, -0.15) is 0 Å². The van der Waals surface area contributed by atoms with Crippen molar-refractivity contribution in [2.24, 2.45) is 17.8 Å². The molecule has 0 spiro atoms. The van der Waals surface area contributed by atoms with Gasteiger partial charge < -0.3 is 5.11 Å². The van der Waals surface area contributed by atoms with Gasteiger partial charge in [0.25, 0.3) is 0 Å². The lowest BCUT2D eigenvalue weighted by Crippen LogP contribution is -2.17. The van der Waals surface area contributed by atoms with Crippen molar-refractivity contribution in [3.8, 4) is 0 Å². The quantitative estimate of drug-likeness (QED) is 0.562. The third kappa shape index (κ3) is 0.752. The SMILES string of the molecule is O[C@@]12CC3CCCCC3C1C2. The highest BCUT2D eigenvalue weighted by Gasteiger charge is 2.64. The second-order valence-electron chi connectivity index (χ2n) is 4.83. The highest BCUT2D eigenvalue weighted by molar-refractivity contribution is 5.14. The van der Waals surface area contributed by atoms with Crippen LogP contribution in [-0.2, 0) is 0 Å². The number of rotatable bonds is 0. The summed E-state index contributed by atoms with van der Waals surface area (Å²) in [5, 5.41) is 9.90. The van der Waals surface area contributed by atoms with Gasteiger partial charge in [-0.15, -0.1) is 0 Å². The Kier molecular flexibility index (Phi) is 1.07. The maximum absolute atomic E-state index is 9.90. The molecule has 11 heavy (non-hydrogen) atoms. The molecule has 0 bridgehead atoms. The van der Waals surface area contributed by atoms with Crippen molar-refractivity contribution in [3.63, 3.8) is 0 Å². The molecule has 1 N–H and O–H groups in total. The molecule has 0 heterocycles. The second kappa shape index (κ2) is 1.82. The molecule has 0 aliphatic heterocycles. The van der Waals surface area contributed by atoms with Crippen LogP contribution in [0.1, 0.15) is 38.5 Å². The second-order valence-corrected chi connectivity index (χ2v) is 4.83. The van der Waals surface area contributed by atoms with Crippen LogP contribution in [0.15, 0.2) is 0 Å².